The summed E-state index contributed by atoms with van der Waals surface area (Å²) in [5.41, 5.74) is 6.06. The van der Waals surface area contributed by atoms with Crippen molar-refractivity contribution in [1.29, 1.82) is 0 Å². The van der Waals surface area contributed by atoms with Crippen LogP contribution in [0.15, 0.2) is 11.4 Å². The Labute approximate surface area is 109 Å². The van der Waals surface area contributed by atoms with E-state index in [2.05, 4.69) is 9.97 Å². The maximum absolute atomic E-state index is 11.8. The lowest BCUT2D eigenvalue weighted by molar-refractivity contribution is -0.127. The predicted molar refractivity (Wildman–Crippen MR) is 68.0 cm³/mol. The summed E-state index contributed by atoms with van der Waals surface area (Å²) in [6, 6.07) is 0. The maximum atomic E-state index is 11.8. The molecule has 0 bridgehead atoms. The molecule has 0 aromatic carbocycles. The first-order valence-electron chi connectivity index (χ1n) is 5.35. The van der Waals surface area contributed by atoms with Gasteiger partial charge in [0.1, 0.15) is 17.0 Å². The number of halogens is 1. The van der Waals surface area contributed by atoms with Crippen molar-refractivity contribution in [2.24, 2.45) is 0 Å². The highest BCUT2D eigenvalue weighted by Crippen LogP contribution is 2.27. The van der Waals surface area contributed by atoms with E-state index in [-0.39, 0.29) is 11.1 Å². The SMILES string of the molecule is Nc1c(Cl)ncnc1SCC(=O)N1CCCC1. The number of anilines is 1. The third kappa shape index (κ3) is 3.01. The van der Waals surface area contributed by atoms with Gasteiger partial charge < -0.3 is 10.6 Å². The maximum Gasteiger partial charge on any atom is 0.232 e. The molecule has 0 aliphatic carbocycles. The van der Waals surface area contributed by atoms with Gasteiger partial charge in [-0.05, 0) is 12.8 Å². The predicted octanol–water partition coefficient (Wildman–Crippen LogP) is 1.43. The normalized spacial score (nSPS) is 15.2. The number of carbonyl (C=O) groups excluding carboxylic acids is 1. The molecule has 5 nitrogen and oxygen atoms in total. The fraction of sp³-hybridized carbons (Fsp3) is 0.500. The second-order valence-corrected chi connectivity index (χ2v) is 5.08. The van der Waals surface area contributed by atoms with Crippen LogP contribution in [0.3, 0.4) is 0 Å². The van der Waals surface area contributed by atoms with Gasteiger partial charge in [-0.15, -0.1) is 0 Å². The zero-order chi connectivity index (χ0) is 12.3. The molecule has 92 valence electrons. The molecule has 0 spiro atoms. The van der Waals surface area contributed by atoms with Crippen molar-refractivity contribution < 1.29 is 4.79 Å². The number of nitrogen functional groups attached to an aromatic ring is 1. The summed E-state index contributed by atoms with van der Waals surface area (Å²) >= 11 is 7.08. The molecule has 1 aromatic rings. The van der Waals surface area contributed by atoms with Gasteiger partial charge in [0, 0.05) is 13.1 Å². The summed E-state index contributed by atoms with van der Waals surface area (Å²) in [4.78, 5) is 21.4. The third-order valence-electron chi connectivity index (χ3n) is 2.59. The first kappa shape index (κ1) is 12.4. The zero-order valence-corrected chi connectivity index (χ0v) is 10.8. The lowest BCUT2D eigenvalue weighted by Crippen LogP contribution is -2.29. The van der Waals surface area contributed by atoms with Crippen LogP contribution in [0.5, 0.6) is 0 Å². The number of thioether (sulfide) groups is 1. The van der Waals surface area contributed by atoms with Crippen LogP contribution in [0.1, 0.15) is 12.8 Å². The molecule has 1 aromatic heterocycles. The van der Waals surface area contributed by atoms with Crippen molar-refractivity contribution in [2.75, 3.05) is 24.6 Å². The summed E-state index contributed by atoms with van der Waals surface area (Å²) < 4.78 is 0. The molecule has 2 N–H and O–H groups in total. The Hall–Kier alpha value is -1.01. The van der Waals surface area contributed by atoms with Crippen molar-refractivity contribution in [2.45, 2.75) is 17.9 Å². The van der Waals surface area contributed by atoms with Gasteiger partial charge in [0.05, 0.1) is 5.75 Å². The van der Waals surface area contributed by atoms with Gasteiger partial charge in [-0.3, -0.25) is 4.79 Å². The lowest BCUT2D eigenvalue weighted by atomic mass is 10.4. The average molecular weight is 273 g/mol. The minimum atomic E-state index is 0.127. The molecule has 1 fully saturated rings. The van der Waals surface area contributed by atoms with Gasteiger partial charge in [0.2, 0.25) is 5.91 Å². The van der Waals surface area contributed by atoms with E-state index in [1.165, 1.54) is 18.1 Å². The summed E-state index contributed by atoms with van der Waals surface area (Å²) in [5, 5.41) is 0.800. The number of nitrogens with two attached hydrogens (primary N) is 1. The Kier molecular flexibility index (Phi) is 4.06. The first-order valence-corrected chi connectivity index (χ1v) is 6.71. The highest BCUT2D eigenvalue weighted by molar-refractivity contribution is 8.00. The smallest absolute Gasteiger partial charge is 0.232 e. The van der Waals surface area contributed by atoms with Gasteiger partial charge in [0.15, 0.2) is 5.15 Å². The Morgan fingerprint density at radius 1 is 1.47 bits per heavy atom. The number of likely N-dealkylation sites (tertiary alicyclic amines) is 1. The molecular weight excluding hydrogens is 260 g/mol. The molecule has 17 heavy (non-hydrogen) atoms. The first-order chi connectivity index (χ1) is 8.18. The highest BCUT2D eigenvalue weighted by atomic mass is 35.5. The van der Waals surface area contributed by atoms with Crippen LogP contribution in [0.4, 0.5) is 5.69 Å². The molecule has 0 unspecified atom stereocenters. The van der Waals surface area contributed by atoms with E-state index < -0.39 is 0 Å². The van der Waals surface area contributed by atoms with Crippen molar-refractivity contribution >= 4 is 35.0 Å². The summed E-state index contributed by atoms with van der Waals surface area (Å²) in [7, 11) is 0. The van der Waals surface area contributed by atoms with Crippen molar-refractivity contribution in [3.63, 3.8) is 0 Å². The molecule has 2 rings (SSSR count). The monoisotopic (exact) mass is 272 g/mol. The van der Waals surface area contributed by atoms with Crippen molar-refractivity contribution in [1.82, 2.24) is 14.9 Å². The van der Waals surface area contributed by atoms with Crippen molar-refractivity contribution in [3.8, 4) is 0 Å². The fourth-order valence-corrected chi connectivity index (χ4v) is 2.67. The van der Waals surface area contributed by atoms with Crippen LogP contribution in [0.25, 0.3) is 0 Å². The van der Waals surface area contributed by atoms with Gasteiger partial charge in [-0.2, -0.15) is 0 Å². The Morgan fingerprint density at radius 3 is 2.88 bits per heavy atom. The van der Waals surface area contributed by atoms with Crippen LogP contribution in [-0.4, -0.2) is 39.6 Å². The standard InChI is InChI=1S/C10H13ClN4OS/c11-9-8(12)10(14-6-13-9)17-5-7(16)15-3-1-2-4-15/h6H,1-5,12H2. The molecule has 0 radical (unpaired) electrons. The number of hydrogen-bond donors (Lipinski definition) is 1. The van der Waals surface area contributed by atoms with E-state index in [0.29, 0.717) is 16.5 Å². The lowest BCUT2D eigenvalue weighted by Gasteiger charge is -2.14. The molecule has 0 atom stereocenters. The van der Waals surface area contributed by atoms with Gasteiger partial charge in [0.25, 0.3) is 0 Å². The van der Waals surface area contributed by atoms with Crippen LogP contribution in [0.2, 0.25) is 5.15 Å². The molecule has 1 amide bonds. The number of rotatable bonds is 3. The Bertz CT molecular complexity index is 423. The molecule has 2 heterocycles. The number of hydrogen-bond acceptors (Lipinski definition) is 5. The van der Waals surface area contributed by atoms with E-state index in [1.807, 2.05) is 4.90 Å². The topological polar surface area (TPSA) is 72.1 Å². The molecule has 1 aliphatic rings. The van der Waals surface area contributed by atoms with Gasteiger partial charge in [-0.25, -0.2) is 9.97 Å². The van der Waals surface area contributed by atoms with Crippen LogP contribution < -0.4 is 5.73 Å². The third-order valence-corrected chi connectivity index (χ3v) is 3.88. The second-order valence-electron chi connectivity index (χ2n) is 3.76. The molecule has 1 saturated heterocycles. The highest BCUT2D eigenvalue weighted by Gasteiger charge is 2.18. The van der Waals surface area contributed by atoms with Gasteiger partial charge in [-0.1, -0.05) is 23.4 Å². The van der Waals surface area contributed by atoms with Crippen LogP contribution in [-0.2, 0) is 4.79 Å². The number of amides is 1. The number of aromatic nitrogens is 2. The van der Waals surface area contributed by atoms with Gasteiger partial charge >= 0.3 is 0 Å². The average Bonchev–Trinajstić information content (AvgIpc) is 2.84. The minimum absolute atomic E-state index is 0.127. The van der Waals surface area contributed by atoms with E-state index in [1.54, 1.807) is 0 Å². The van der Waals surface area contributed by atoms with E-state index in [9.17, 15) is 4.79 Å². The quantitative estimate of drug-likeness (QED) is 0.666. The molecule has 0 saturated carbocycles. The fourth-order valence-electron chi connectivity index (χ4n) is 1.66. The van der Waals surface area contributed by atoms with E-state index in [4.69, 9.17) is 17.3 Å². The zero-order valence-electron chi connectivity index (χ0n) is 9.23. The minimum Gasteiger partial charge on any atom is -0.394 e. The largest absolute Gasteiger partial charge is 0.394 e. The Morgan fingerprint density at radius 2 is 2.18 bits per heavy atom. The summed E-state index contributed by atoms with van der Waals surface area (Å²) in [5.74, 6) is 0.471. The summed E-state index contributed by atoms with van der Waals surface area (Å²) in [6.07, 6.45) is 3.54. The Balaban J connectivity index is 1.93. The summed E-state index contributed by atoms with van der Waals surface area (Å²) in [6.45, 7) is 1.72. The van der Waals surface area contributed by atoms with E-state index in [0.717, 1.165) is 25.9 Å². The number of carbonyl (C=O) groups is 1. The molecule has 7 heteroatoms. The molecular formula is C10H13ClN4OS. The van der Waals surface area contributed by atoms with Crippen molar-refractivity contribution in [3.05, 3.63) is 11.5 Å². The second kappa shape index (κ2) is 5.55. The van der Waals surface area contributed by atoms with E-state index >= 15 is 0 Å². The molecule has 1 aliphatic heterocycles. The number of nitrogens with zero attached hydrogens (tertiary/aromatic N) is 3. The van der Waals surface area contributed by atoms with Crippen LogP contribution >= 0.6 is 23.4 Å². The van der Waals surface area contributed by atoms with Crippen LogP contribution in [0, 0.1) is 0 Å².